The summed E-state index contributed by atoms with van der Waals surface area (Å²) in [7, 11) is 1.46. The molecule has 0 radical (unpaired) electrons. The van der Waals surface area contributed by atoms with Crippen LogP contribution in [0.5, 0.6) is 5.75 Å². The molecule has 0 atom stereocenters. The van der Waals surface area contributed by atoms with E-state index >= 15 is 0 Å². The predicted octanol–water partition coefficient (Wildman–Crippen LogP) is 3.92. The first-order valence-electron chi connectivity index (χ1n) is 8.24. The number of amides is 2. The quantitative estimate of drug-likeness (QED) is 0.733. The summed E-state index contributed by atoms with van der Waals surface area (Å²) in [6.45, 7) is 0.163. The SMILES string of the molecule is COc1ccc(N2Cc3cnc(Nc4ccccc4)nc3NC2=O)c(F)c1. The lowest BCUT2D eigenvalue weighted by Crippen LogP contribution is -2.39. The number of fused-ring (bicyclic) bond motifs is 1. The molecule has 2 amide bonds. The van der Waals surface area contributed by atoms with Gasteiger partial charge in [-0.3, -0.25) is 10.2 Å². The van der Waals surface area contributed by atoms with Crippen molar-refractivity contribution in [1.29, 1.82) is 0 Å². The van der Waals surface area contributed by atoms with Crippen LogP contribution in [0.15, 0.2) is 54.7 Å². The fourth-order valence-electron chi connectivity index (χ4n) is 2.78. The first kappa shape index (κ1) is 16.8. The zero-order valence-corrected chi connectivity index (χ0v) is 14.4. The molecule has 0 bridgehead atoms. The number of hydrogen-bond donors (Lipinski definition) is 2. The van der Waals surface area contributed by atoms with Crippen LogP contribution in [-0.4, -0.2) is 23.1 Å². The average molecular weight is 365 g/mol. The summed E-state index contributed by atoms with van der Waals surface area (Å²) < 4.78 is 19.3. The van der Waals surface area contributed by atoms with Crippen molar-refractivity contribution in [1.82, 2.24) is 9.97 Å². The molecule has 0 saturated heterocycles. The zero-order valence-electron chi connectivity index (χ0n) is 14.4. The molecule has 3 aromatic rings. The van der Waals surface area contributed by atoms with Gasteiger partial charge in [0.15, 0.2) is 5.82 Å². The minimum absolute atomic E-state index is 0.158. The Morgan fingerprint density at radius 1 is 1.22 bits per heavy atom. The van der Waals surface area contributed by atoms with Gasteiger partial charge in [-0.1, -0.05) is 18.2 Å². The van der Waals surface area contributed by atoms with Crippen molar-refractivity contribution in [3.63, 3.8) is 0 Å². The topological polar surface area (TPSA) is 79.4 Å². The largest absolute Gasteiger partial charge is 0.497 e. The monoisotopic (exact) mass is 365 g/mol. The number of carbonyl (C=O) groups excluding carboxylic acids is 1. The highest BCUT2D eigenvalue weighted by Crippen LogP contribution is 2.30. The highest BCUT2D eigenvalue weighted by Gasteiger charge is 2.27. The van der Waals surface area contributed by atoms with Crippen LogP contribution >= 0.6 is 0 Å². The van der Waals surface area contributed by atoms with E-state index in [0.717, 1.165) is 5.69 Å². The molecule has 0 aliphatic carbocycles. The third-order valence-corrected chi connectivity index (χ3v) is 4.14. The summed E-state index contributed by atoms with van der Waals surface area (Å²) in [5, 5.41) is 5.76. The van der Waals surface area contributed by atoms with E-state index in [1.165, 1.54) is 24.1 Å². The number of para-hydroxylation sites is 1. The van der Waals surface area contributed by atoms with Gasteiger partial charge in [0.2, 0.25) is 5.95 Å². The number of rotatable bonds is 4. The average Bonchev–Trinajstić information content (AvgIpc) is 2.68. The van der Waals surface area contributed by atoms with Crippen molar-refractivity contribution in [3.8, 4) is 5.75 Å². The van der Waals surface area contributed by atoms with Crippen LogP contribution in [0, 0.1) is 5.82 Å². The Morgan fingerprint density at radius 2 is 2.04 bits per heavy atom. The van der Waals surface area contributed by atoms with E-state index in [1.807, 2.05) is 30.3 Å². The number of urea groups is 1. The van der Waals surface area contributed by atoms with Crippen LogP contribution in [0.3, 0.4) is 0 Å². The third kappa shape index (κ3) is 3.37. The molecule has 2 N–H and O–H groups in total. The van der Waals surface area contributed by atoms with Crippen LogP contribution in [0.2, 0.25) is 0 Å². The molecule has 2 aromatic carbocycles. The Morgan fingerprint density at radius 3 is 2.78 bits per heavy atom. The predicted molar refractivity (Wildman–Crippen MR) is 99.9 cm³/mol. The fourth-order valence-corrected chi connectivity index (χ4v) is 2.78. The number of halogens is 1. The van der Waals surface area contributed by atoms with Crippen LogP contribution in [-0.2, 0) is 6.54 Å². The van der Waals surface area contributed by atoms with Gasteiger partial charge in [0, 0.05) is 23.5 Å². The molecule has 4 rings (SSSR count). The Bertz CT molecular complexity index is 997. The van der Waals surface area contributed by atoms with Crippen LogP contribution in [0.4, 0.5) is 32.3 Å². The maximum Gasteiger partial charge on any atom is 0.327 e. The molecule has 7 nitrogen and oxygen atoms in total. The van der Waals surface area contributed by atoms with Crippen LogP contribution < -0.4 is 20.3 Å². The van der Waals surface area contributed by atoms with Gasteiger partial charge < -0.3 is 10.1 Å². The molecule has 1 aliphatic heterocycles. The van der Waals surface area contributed by atoms with E-state index < -0.39 is 11.8 Å². The number of anilines is 4. The van der Waals surface area contributed by atoms with E-state index in [9.17, 15) is 9.18 Å². The highest BCUT2D eigenvalue weighted by molar-refractivity contribution is 6.03. The summed E-state index contributed by atoms with van der Waals surface area (Å²) in [6, 6.07) is 13.3. The van der Waals surface area contributed by atoms with Gasteiger partial charge in [0.25, 0.3) is 0 Å². The molecule has 0 unspecified atom stereocenters. The van der Waals surface area contributed by atoms with Crippen molar-refractivity contribution in [2.45, 2.75) is 6.54 Å². The van der Waals surface area contributed by atoms with E-state index in [0.29, 0.717) is 23.1 Å². The number of methoxy groups -OCH3 is 1. The lowest BCUT2D eigenvalue weighted by atomic mass is 10.2. The normalized spacial score (nSPS) is 13.0. The molecule has 0 saturated carbocycles. The number of hydrogen-bond acceptors (Lipinski definition) is 5. The van der Waals surface area contributed by atoms with Gasteiger partial charge in [-0.2, -0.15) is 4.98 Å². The van der Waals surface area contributed by atoms with Gasteiger partial charge in [-0.15, -0.1) is 0 Å². The maximum absolute atomic E-state index is 14.3. The standard InChI is InChI=1S/C19H16FN5O2/c1-27-14-7-8-16(15(20)9-14)25-11-12-10-21-18(23-17(12)24-19(25)26)22-13-5-3-2-4-6-13/h2-10H,11H2,1H3,(H2,21,22,23,24,26). The minimum atomic E-state index is -0.545. The second-order valence-corrected chi connectivity index (χ2v) is 5.89. The number of benzene rings is 2. The van der Waals surface area contributed by atoms with Gasteiger partial charge in [0.1, 0.15) is 11.6 Å². The Kier molecular flexibility index (Phi) is 4.29. The maximum atomic E-state index is 14.3. The molecule has 1 aromatic heterocycles. The number of aromatic nitrogens is 2. The summed E-state index contributed by atoms with van der Waals surface area (Å²) >= 11 is 0. The summed E-state index contributed by atoms with van der Waals surface area (Å²) in [6.07, 6.45) is 1.61. The van der Waals surface area contributed by atoms with Crippen LogP contribution in [0.1, 0.15) is 5.56 Å². The molecular weight excluding hydrogens is 349 g/mol. The Balaban J connectivity index is 1.59. The molecule has 1 aliphatic rings. The van der Waals surface area contributed by atoms with Crippen molar-refractivity contribution in [2.75, 3.05) is 22.6 Å². The zero-order chi connectivity index (χ0) is 18.8. The van der Waals surface area contributed by atoms with E-state index in [-0.39, 0.29) is 12.2 Å². The second-order valence-electron chi connectivity index (χ2n) is 5.89. The van der Waals surface area contributed by atoms with Crippen LogP contribution in [0.25, 0.3) is 0 Å². The number of nitrogens with zero attached hydrogens (tertiary/aromatic N) is 3. The van der Waals surface area contributed by atoms with Gasteiger partial charge in [-0.05, 0) is 24.3 Å². The highest BCUT2D eigenvalue weighted by atomic mass is 19.1. The molecule has 0 fully saturated rings. The fraction of sp³-hybridized carbons (Fsp3) is 0.105. The van der Waals surface area contributed by atoms with Crippen molar-refractivity contribution in [2.24, 2.45) is 0 Å². The van der Waals surface area contributed by atoms with Gasteiger partial charge in [-0.25, -0.2) is 14.2 Å². The van der Waals surface area contributed by atoms with E-state index in [4.69, 9.17) is 4.74 Å². The molecule has 2 heterocycles. The number of carbonyl (C=O) groups is 1. The molecule has 27 heavy (non-hydrogen) atoms. The van der Waals surface area contributed by atoms with Gasteiger partial charge >= 0.3 is 6.03 Å². The molecular formula is C19H16FN5O2. The minimum Gasteiger partial charge on any atom is -0.497 e. The number of nitrogens with one attached hydrogen (secondary N) is 2. The first-order chi connectivity index (χ1) is 13.1. The smallest absolute Gasteiger partial charge is 0.327 e. The van der Waals surface area contributed by atoms with E-state index in [1.54, 1.807) is 12.3 Å². The first-order valence-corrected chi connectivity index (χ1v) is 8.24. The van der Waals surface area contributed by atoms with E-state index in [2.05, 4.69) is 20.6 Å². The third-order valence-electron chi connectivity index (χ3n) is 4.14. The Labute approximate surface area is 154 Å². The second kappa shape index (κ2) is 6.91. The number of ether oxygens (including phenoxy) is 1. The lowest BCUT2D eigenvalue weighted by Gasteiger charge is -2.29. The summed E-state index contributed by atoms with van der Waals surface area (Å²) in [5.41, 5.74) is 1.68. The Hall–Kier alpha value is -3.68. The molecule has 0 spiro atoms. The summed E-state index contributed by atoms with van der Waals surface area (Å²) in [5.74, 6) is 0.605. The molecule has 136 valence electrons. The van der Waals surface area contributed by atoms with Gasteiger partial charge in [0.05, 0.1) is 19.3 Å². The van der Waals surface area contributed by atoms with Crippen molar-refractivity contribution >= 4 is 29.2 Å². The van der Waals surface area contributed by atoms with Crippen molar-refractivity contribution in [3.05, 3.63) is 66.1 Å². The summed E-state index contributed by atoms with van der Waals surface area (Å²) in [4.78, 5) is 22.4. The lowest BCUT2D eigenvalue weighted by molar-refractivity contribution is 0.255. The van der Waals surface area contributed by atoms with Crippen molar-refractivity contribution < 1.29 is 13.9 Å². The molecule has 8 heteroatoms.